The molecule has 0 saturated heterocycles. The molecule has 0 bridgehead atoms. The molecular weight excluding hydrogens is 370 g/mol. The number of aliphatic hydroxyl groups excluding tert-OH is 1. The molecule has 0 aliphatic heterocycles. The van der Waals surface area contributed by atoms with Gasteiger partial charge in [0.1, 0.15) is 18.2 Å². The molecule has 0 aliphatic rings. The zero-order valence-corrected chi connectivity index (χ0v) is 15.8. The Hall–Kier alpha value is -3.42. The summed E-state index contributed by atoms with van der Waals surface area (Å²) in [6, 6.07) is 17.5. The molecular formula is C22H23N3O4. The summed E-state index contributed by atoms with van der Waals surface area (Å²) < 4.78 is 5.86. The summed E-state index contributed by atoms with van der Waals surface area (Å²) in [5.74, 6) is 0.0277. The van der Waals surface area contributed by atoms with Gasteiger partial charge in [-0.25, -0.2) is 9.78 Å². The number of aromatic nitrogens is 1. The van der Waals surface area contributed by atoms with Crippen LogP contribution in [-0.2, 0) is 0 Å². The highest BCUT2D eigenvalue weighted by Gasteiger charge is 2.14. The van der Waals surface area contributed by atoms with Crippen molar-refractivity contribution >= 4 is 11.8 Å². The van der Waals surface area contributed by atoms with Gasteiger partial charge in [-0.3, -0.25) is 0 Å². The molecule has 7 nitrogen and oxygen atoms in total. The van der Waals surface area contributed by atoms with Crippen LogP contribution in [0, 0.1) is 0 Å². The second-order valence-corrected chi connectivity index (χ2v) is 6.43. The van der Waals surface area contributed by atoms with E-state index in [9.17, 15) is 15.0 Å². The summed E-state index contributed by atoms with van der Waals surface area (Å²) in [4.78, 5) is 15.5. The Morgan fingerprint density at radius 3 is 2.52 bits per heavy atom. The van der Waals surface area contributed by atoms with E-state index in [-0.39, 0.29) is 5.56 Å². The van der Waals surface area contributed by atoms with Crippen LogP contribution in [0.5, 0.6) is 5.75 Å². The number of hydrogen-bond donors (Lipinski definition) is 4. The van der Waals surface area contributed by atoms with E-state index in [0.717, 1.165) is 5.56 Å². The maximum Gasteiger partial charge on any atom is 0.336 e. The minimum Gasteiger partial charge on any atom is -0.492 e. The molecule has 150 valence electrons. The molecule has 0 saturated carbocycles. The van der Waals surface area contributed by atoms with Gasteiger partial charge >= 0.3 is 5.97 Å². The Balaban J connectivity index is 1.57. The molecule has 1 atom stereocenters. The number of aliphatic hydroxyl groups is 1. The monoisotopic (exact) mass is 393 g/mol. The van der Waals surface area contributed by atoms with Gasteiger partial charge in [-0.2, -0.15) is 0 Å². The van der Waals surface area contributed by atoms with Crippen molar-refractivity contribution in [3.8, 4) is 16.9 Å². The Morgan fingerprint density at radius 1 is 1.07 bits per heavy atom. The lowest BCUT2D eigenvalue weighted by molar-refractivity contribution is 0.0697. The number of benzene rings is 2. The molecule has 29 heavy (non-hydrogen) atoms. The number of para-hydroxylation sites is 1. The average molecular weight is 393 g/mol. The van der Waals surface area contributed by atoms with Crippen molar-refractivity contribution in [2.24, 2.45) is 0 Å². The number of ether oxygens (including phenoxy) is 1. The van der Waals surface area contributed by atoms with Gasteiger partial charge in [0.25, 0.3) is 0 Å². The minimum atomic E-state index is -0.983. The highest BCUT2D eigenvalue weighted by atomic mass is 16.5. The third-order valence-electron chi connectivity index (χ3n) is 4.40. The van der Waals surface area contributed by atoms with Crippen LogP contribution in [0.4, 0.5) is 5.82 Å². The van der Waals surface area contributed by atoms with E-state index < -0.39 is 12.1 Å². The predicted molar refractivity (Wildman–Crippen MR) is 111 cm³/mol. The normalized spacial score (nSPS) is 11.8. The van der Waals surface area contributed by atoms with Crippen molar-refractivity contribution in [2.45, 2.75) is 6.10 Å². The summed E-state index contributed by atoms with van der Waals surface area (Å²) >= 11 is 0. The quantitative estimate of drug-likeness (QED) is 0.413. The van der Waals surface area contributed by atoms with Crippen molar-refractivity contribution in [1.29, 1.82) is 0 Å². The number of aromatic carboxylic acids is 1. The lowest BCUT2D eigenvalue weighted by atomic mass is 9.99. The van der Waals surface area contributed by atoms with Crippen molar-refractivity contribution in [1.82, 2.24) is 10.3 Å². The number of nitrogens with one attached hydrogen (secondary N) is 1. The number of nitrogens with two attached hydrogens (primary N) is 1. The van der Waals surface area contributed by atoms with Crippen LogP contribution in [0.2, 0.25) is 0 Å². The zero-order chi connectivity index (χ0) is 20.6. The minimum absolute atomic E-state index is 0.224. The molecule has 1 aromatic heterocycles. The van der Waals surface area contributed by atoms with Crippen molar-refractivity contribution in [3.05, 3.63) is 78.0 Å². The fourth-order valence-corrected chi connectivity index (χ4v) is 2.92. The molecule has 0 amide bonds. The van der Waals surface area contributed by atoms with E-state index in [0.29, 0.717) is 42.4 Å². The van der Waals surface area contributed by atoms with Gasteiger partial charge < -0.3 is 26.0 Å². The number of nitrogens with zero attached hydrogens (tertiary/aromatic N) is 1. The number of pyridine rings is 1. The molecule has 5 N–H and O–H groups in total. The van der Waals surface area contributed by atoms with Crippen LogP contribution in [0.1, 0.15) is 22.0 Å². The number of carbonyl (C=O) groups is 1. The van der Waals surface area contributed by atoms with E-state index in [4.69, 9.17) is 10.5 Å². The third-order valence-corrected chi connectivity index (χ3v) is 4.40. The lowest BCUT2D eigenvalue weighted by Crippen LogP contribution is -2.26. The smallest absolute Gasteiger partial charge is 0.336 e. The number of rotatable bonds is 9. The first-order chi connectivity index (χ1) is 14.1. The number of nitrogen functional groups attached to an aromatic ring is 1. The summed E-state index contributed by atoms with van der Waals surface area (Å²) in [5, 5.41) is 22.7. The maximum atomic E-state index is 11.5. The zero-order valence-electron chi connectivity index (χ0n) is 15.8. The van der Waals surface area contributed by atoms with Crippen LogP contribution in [0.3, 0.4) is 0 Å². The summed E-state index contributed by atoms with van der Waals surface area (Å²) in [6.07, 6.45) is 0.853. The topological polar surface area (TPSA) is 118 Å². The highest BCUT2D eigenvalue weighted by Crippen LogP contribution is 2.32. The Labute approximate surface area is 168 Å². The maximum absolute atomic E-state index is 11.5. The number of hydrogen-bond acceptors (Lipinski definition) is 6. The standard InChI is InChI=1S/C22H23N3O4/c23-21-10-9-15(13-25-21)19(26)14-24-11-12-29-20-8-4-3-6-17(20)16-5-1-2-7-18(16)22(27)28/h1-10,13,19,24,26H,11-12,14H2,(H2,23,25)(H,27,28)/t19-/m0/s1. The first-order valence-corrected chi connectivity index (χ1v) is 9.21. The molecule has 0 spiro atoms. The van der Waals surface area contributed by atoms with E-state index in [1.165, 1.54) is 0 Å². The third kappa shape index (κ3) is 5.31. The van der Waals surface area contributed by atoms with Crippen LogP contribution < -0.4 is 15.8 Å². The van der Waals surface area contributed by atoms with Crippen LogP contribution >= 0.6 is 0 Å². The molecule has 1 heterocycles. The molecule has 2 aromatic carbocycles. The van der Waals surface area contributed by atoms with Gasteiger partial charge in [0.15, 0.2) is 0 Å². The Morgan fingerprint density at radius 2 is 1.79 bits per heavy atom. The number of anilines is 1. The van der Waals surface area contributed by atoms with Gasteiger partial charge in [0.05, 0.1) is 11.7 Å². The molecule has 0 radical (unpaired) electrons. The summed E-state index contributed by atoms with van der Waals surface area (Å²) in [5.41, 5.74) is 7.78. The van der Waals surface area contributed by atoms with Gasteiger partial charge in [0.2, 0.25) is 0 Å². The number of carboxylic acids is 1. The first kappa shape index (κ1) is 20.3. The molecule has 0 aliphatic carbocycles. The van der Waals surface area contributed by atoms with Crippen LogP contribution in [0.25, 0.3) is 11.1 Å². The van der Waals surface area contributed by atoms with Gasteiger partial charge in [-0.15, -0.1) is 0 Å². The van der Waals surface area contributed by atoms with E-state index >= 15 is 0 Å². The Kier molecular flexibility index (Phi) is 6.78. The summed E-state index contributed by atoms with van der Waals surface area (Å²) in [6.45, 7) is 1.21. The van der Waals surface area contributed by atoms with E-state index in [1.54, 1.807) is 42.6 Å². The van der Waals surface area contributed by atoms with Crippen molar-refractivity contribution < 1.29 is 19.7 Å². The summed E-state index contributed by atoms with van der Waals surface area (Å²) in [7, 11) is 0. The van der Waals surface area contributed by atoms with Gasteiger partial charge in [-0.1, -0.05) is 42.5 Å². The molecule has 3 aromatic rings. The molecule has 0 unspecified atom stereocenters. The van der Waals surface area contributed by atoms with Crippen LogP contribution in [-0.4, -0.2) is 40.9 Å². The Bertz CT molecular complexity index is 960. The van der Waals surface area contributed by atoms with Gasteiger partial charge in [0, 0.05) is 30.4 Å². The predicted octanol–water partition coefficient (Wildman–Crippen LogP) is 2.73. The fraction of sp³-hybridized carbons (Fsp3) is 0.182. The second kappa shape index (κ2) is 9.68. The molecule has 3 rings (SSSR count). The van der Waals surface area contributed by atoms with Crippen LogP contribution in [0.15, 0.2) is 66.9 Å². The highest BCUT2D eigenvalue weighted by molar-refractivity contribution is 5.96. The lowest BCUT2D eigenvalue weighted by Gasteiger charge is -2.15. The SMILES string of the molecule is Nc1ccc([C@@H](O)CNCCOc2ccccc2-c2ccccc2C(=O)O)cn1. The largest absolute Gasteiger partial charge is 0.492 e. The average Bonchev–Trinajstić information content (AvgIpc) is 2.74. The molecule has 0 fully saturated rings. The first-order valence-electron chi connectivity index (χ1n) is 9.21. The fourth-order valence-electron chi connectivity index (χ4n) is 2.92. The van der Waals surface area contributed by atoms with E-state index in [2.05, 4.69) is 10.3 Å². The van der Waals surface area contributed by atoms with E-state index in [1.807, 2.05) is 24.3 Å². The number of carboxylic acid groups (broad SMARTS) is 1. The van der Waals surface area contributed by atoms with Gasteiger partial charge in [-0.05, 0) is 23.8 Å². The van der Waals surface area contributed by atoms with Crippen molar-refractivity contribution in [3.63, 3.8) is 0 Å². The molecule has 7 heteroatoms. The van der Waals surface area contributed by atoms with Crippen molar-refractivity contribution in [2.75, 3.05) is 25.4 Å². The second-order valence-electron chi connectivity index (χ2n) is 6.43.